The summed E-state index contributed by atoms with van der Waals surface area (Å²) in [5, 5.41) is 2.70. The normalized spacial score (nSPS) is 20.0. The molecule has 28 heavy (non-hydrogen) atoms. The van der Waals surface area contributed by atoms with Crippen molar-refractivity contribution in [3.63, 3.8) is 0 Å². The molecule has 1 aliphatic heterocycles. The van der Waals surface area contributed by atoms with Gasteiger partial charge in [0.1, 0.15) is 11.4 Å². The summed E-state index contributed by atoms with van der Waals surface area (Å²) < 4.78 is 11.5. The van der Waals surface area contributed by atoms with Crippen LogP contribution in [0.15, 0.2) is 18.2 Å². The SMILES string of the molecule is CC[C@@H]1C[C@H](c2ccc(NC=O)c(OC(C)C)c2)CCN1C(=O)OC(C)(C)C. The van der Waals surface area contributed by atoms with Gasteiger partial charge in [-0.25, -0.2) is 4.79 Å². The molecule has 1 N–H and O–H groups in total. The smallest absolute Gasteiger partial charge is 0.410 e. The van der Waals surface area contributed by atoms with Crippen molar-refractivity contribution in [1.82, 2.24) is 4.90 Å². The topological polar surface area (TPSA) is 67.9 Å². The van der Waals surface area contributed by atoms with Crippen molar-refractivity contribution in [1.29, 1.82) is 0 Å². The maximum atomic E-state index is 12.6. The number of rotatable bonds is 6. The molecular formula is C22H34N2O4. The molecule has 0 saturated carbocycles. The minimum absolute atomic E-state index is 0.0138. The van der Waals surface area contributed by atoms with Gasteiger partial charge in [-0.2, -0.15) is 0 Å². The van der Waals surface area contributed by atoms with E-state index < -0.39 is 5.60 Å². The van der Waals surface area contributed by atoms with Gasteiger partial charge in [0, 0.05) is 12.6 Å². The Morgan fingerprint density at radius 2 is 2.07 bits per heavy atom. The summed E-state index contributed by atoms with van der Waals surface area (Å²) in [6.07, 6.45) is 3.09. The largest absolute Gasteiger partial charge is 0.489 e. The number of benzene rings is 1. The Morgan fingerprint density at radius 3 is 2.64 bits per heavy atom. The van der Waals surface area contributed by atoms with Crippen LogP contribution in [-0.2, 0) is 9.53 Å². The highest BCUT2D eigenvalue weighted by atomic mass is 16.6. The van der Waals surface area contributed by atoms with Gasteiger partial charge in [-0.3, -0.25) is 4.79 Å². The molecule has 0 aliphatic carbocycles. The minimum Gasteiger partial charge on any atom is -0.489 e. The number of carbonyl (C=O) groups is 2. The van der Waals surface area contributed by atoms with Crippen LogP contribution in [-0.4, -0.2) is 41.7 Å². The van der Waals surface area contributed by atoms with Crippen molar-refractivity contribution in [3.05, 3.63) is 23.8 Å². The molecule has 2 amide bonds. The summed E-state index contributed by atoms with van der Waals surface area (Å²) in [5.41, 5.74) is 1.36. The van der Waals surface area contributed by atoms with E-state index in [0.717, 1.165) is 19.3 Å². The first kappa shape index (κ1) is 22.1. The highest BCUT2D eigenvalue weighted by Gasteiger charge is 2.34. The predicted octanol–water partition coefficient (Wildman–Crippen LogP) is 4.94. The Balaban J connectivity index is 2.17. The van der Waals surface area contributed by atoms with Crippen molar-refractivity contribution in [2.24, 2.45) is 0 Å². The Hall–Kier alpha value is -2.24. The third kappa shape index (κ3) is 5.88. The highest BCUT2D eigenvalue weighted by molar-refractivity contribution is 5.75. The molecule has 2 atom stereocenters. The van der Waals surface area contributed by atoms with E-state index in [1.54, 1.807) is 0 Å². The molecule has 2 rings (SSSR count). The van der Waals surface area contributed by atoms with Gasteiger partial charge in [-0.15, -0.1) is 0 Å². The van der Waals surface area contributed by atoms with E-state index in [4.69, 9.17) is 9.47 Å². The van der Waals surface area contributed by atoms with Gasteiger partial charge >= 0.3 is 6.09 Å². The number of anilines is 1. The Labute approximate surface area is 168 Å². The first-order valence-corrected chi connectivity index (χ1v) is 10.1. The van der Waals surface area contributed by atoms with E-state index in [0.29, 0.717) is 30.3 Å². The number of carbonyl (C=O) groups excluding carboxylic acids is 2. The lowest BCUT2D eigenvalue weighted by molar-refractivity contribution is -0.105. The first-order chi connectivity index (χ1) is 13.1. The standard InChI is InChI=1S/C22H34N2O4/c1-7-18-12-17(10-11-24(18)21(26)28-22(4,5)6)16-8-9-19(23-14-25)20(13-16)27-15(2)3/h8-9,13-15,17-18H,7,10-12H2,1-6H3,(H,23,25)/t17-,18-/m1/s1. The fourth-order valence-corrected chi connectivity index (χ4v) is 3.63. The summed E-state index contributed by atoms with van der Waals surface area (Å²) >= 11 is 0. The van der Waals surface area contributed by atoms with Crippen molar-refractivity contribution in [2.75, 3.05) is 11.9 Å². The summed E-state index contributed by atoms with van der Waals surface area (Å²) in [4.78, 5) is 25.3. The number of piperidine rings is 1. The van der Waals surface area contributed by atoms with Gasteiger partial charge in [0.05, 0.1) is 11.8 Å². The zero-order valence-corrected chi connectivity index (χ0v) is 18.0. The molecule has 0 spiro atoms. The van der Waals surface area contributed by atoms with Crippen molar-refractivity contribution >= 4 is 18.2 Å². The molecule has 1 heterocycles. The number of nitrogens with zero attached hydrogens (tertiary/aromatic N) is 1. The molecule has 1 aliphatic rings. The average molecular weight is 391 g/mol. The summed E-state index contributed by atoms with van der Waals surface area (Å²) in [7, 11) is 0. The molecule has 6 heteroatoms. The van der Waals surface area contributed by atoms with Crippen molar-refractivity contribution in [3.8, 4) is 5.75 Å². The van der Waals surface area contributed by atoms with Gasteiger partial charge < -0.3 is 19.7 Å². The second kappa shape index (κ2) is 9.30. The monoisotopic (exact) mass is 390 g/mol. The van der Waals surface area contributed by atoms with Crippen LogP contribution in [0.5, 0.6) is 5.75 Å². The maximum Gasteiger partial charge on any atom is 0.410 e. The second-order valence-electron chi connectivity index (χ2n) is 8.64. The van der Waals surface area contributed by atoms with Gasteiger partial charge in [0.2, 0.25) is 6.41 Å². The van der Waals surface area contributed by atoms with Gasteiger partial charge in [0.15, 0.2) is 0 Å². The van der Waals surface area contributed by atoms with Crippen molar-refractivity contribution in [2.45, 2.75) is 84.5 Å². The minimum atomic E-state index is -0.489. The average Bonchev–Trinajstić information content (AvgIpc) is 2.61. The van der Waals surface area contributed by atoms with Crippen LogP contribution in [0.3, 0.4) is 0 Å². The molecular weight excluding hydrogens is 356 g/mol. The van der Waals surface area contributed by atoms with E-state index in [1.165, 1.54) is 5.56 Å². The van der Waals surface area contributed by atoms with Crippen LogP contribution in [0.2, 0.25) is 0 Å². The van der Waals surface area contributed by atoms with E-state index >= 15 is 0 Å². The molecule has 1 saturated heterocycles. The molecule has 1 aromatic carbocycles. The van der Waals surface area contributed by atoms with Crippen LogP contribution in [0.1, 0.15) is 72.3 Å². The van der Waals surface area contributed by atoms with Crippen LogP contribution in [0, 0.1) is 0 Å². The van der Waals surface area contributed by atoms with Gasteiger partial charge in [0.25, 0.3) is 0 Å². The molecule has 0 bridgehead atoms. The molecule has 6 nitrogen and oxygen atoms in total. The Kier molecular flexibility index (Phi) is 7.33. The fraction of sp³-hybridized carbons (Fsp3) is 0.636. The third-order valence-electron chi connectivity index (χ3n) is 4.87. The van der Waals surface area contributed by atoms with E-state index in [9.17, 15) is 9.59 Å². The summed E-state index contributed by atoms with van der Waals surface area (Å²) in [6, 6.07) is 6.10. The zero-order valence-electron chi connectivity index (χ0n) is 18.0. The lowest BCUT2D eigenvalue weighted by Gasteiger charge is -2.40. The highest BCUT2D eigenvalue weighted by Crippen LogP contribution is 2.37. The predicted molar refractivity (Wildman–Crippen MR) is 111 cm³/mol. The maximum absolute atomic E-state index is 12.6. The van der Waals surface area contributed by atoms with E-state index in [-0.39, 0.29) is 18.2 Å². The lowest BCUT2D eigenvalue weighted by atomic mass is 9.84. The van der Waals surface area contributed by atoms with Crippen LogP contribution < -0.4 is 10.1 Å². The fourth-order valence-electron chi connectivity index (χ4n) is 3.63. The van der Waals surface area contributed by atoms with E-state index in [1.807, 2.05) is 57.7 Å². The second-order valence-corrected chi connectivity index (χ2v) is 8.64. The Bertz CT molecular complexity index is 682. The van der Waals surface area contributed by atoms with E-state index in [2.05, 4.69) is 12.2 Å². The van der Waals surface area contributed by atoms with Crippen LogP contribution in [0.25, 0.3) is 0 Å². The molecule has 0 aromatic heterocycles. The first-order valence-electron chi connectivity index (χ1n) is 10.1. The molecule has 1 fully saturated rings. The summed E-state index contributed by atoms with van der Waals surface area (Å²) in [6.45, 7) is 12.4. The third-order valence-corrected chi connectivity index (χ3v) is 4.87. The number of nitrogens with one attached hydrogen (secondary N) is 1. The Morgan fingerprint density at radius 1 is 1.36 bits per heavy atom. The summed E-state index contributed by atoms with van der Waals surface area (Å²) in [5.74, 6) is 1.02. The lowest BCUT2D eigenvalue weighted by Crippen LogP contribution is -2.47. The number of ether oxygens (including phenoxy) is 2. The van der Waals surface area contributed by atoms with Crippen molar-refractivity contribution < 1.29 is 19.1 Å². The van der Waals surface area contributed by atoms with Gasteiger partial charge in [-0.05, 0) is 77.5 Å². The van der Waals surface area contributed by atoms with Crippen LogP contribution >= 0.6 is 0 Å². The number of hydrogen-bond acceptors (Lipinski definition) is 4. The molecule has 1 aromatic rings. The quantitative estimate of drug-likeness (QED) is 0.699. The van der Waals surface area contributed by atoms with Crippen LogP contribution in [0.4, 0.5) is 10.5 Å². The van der Waals surface area contributed by atoms with Gasteiger partial charge in [-0.1, -0.05) is 13.0 Å². The number of amides is 2. The number of hydrogen-bond donors (Lipinski definition) is 1. The molecule has 0 radical (unpaired) electrons. The zero-order chi connectivity index (χ0) is 20.9. The molecule has 0 unspecified atom stereocenters. The number of likely N-dealkylation sites (tertiary alicyclic amines) is 1. The molecule has 156 valence electrons.